The number of rotatable bonds is 6. The van der Waals surface area contributed by atoms with Crippen molar-refractivity contribution in [2.45, 2.75) is 46.3 Å². The van der Waals surface area contributed by atoms with Crippen molar-refractivity contribution < 1.29 is 4.74 Å². The fourth-order valence-electron chi connectivity index (χ4n) is 2.33. The van der Waals surface area contributed by atoms with Gasteiger partial charge in [0.1, 0.15) is 0 Å². The predicted octanol–water partition coefficient (Wildman–Crippen LogP) is 1.73. The fraction of sp³-hybridized carbons (Fsp3) is 1.00. The second kappa shape index (κ2) is 7.25. The van der Waals surface area contributed by atoms with E-state index in [0.29, 0.717) is 18.1 Å². The van der Waals surface area contributed by atoms with Gasteiger partial charge in [0.05, 0.1) is 12.7 Å². The Hall–Kier alpha value is -0.120. The molecule has 0 aliphatic carbocycles. The summed E-state index contributed by atoms with van der Waals surface area (Å²) in [4.78, 5) is 2.46. The molecule has 96 valence electrons. The summed E-state index contributed by atoms with van der Waals surface area (Å²) in [5.74, 6) is 0.705. The Kier molecular flexibility index (Phi) is 6.32. The Morgan fingerprint density at radius 2 is 2.12 bits per heavy atom. The van der Waals surface area contributed by atoms with Gasteiger partial charge in [-0.3, -0.25) is 4.90 Å². The largest absolute Gasteiger partial charge is 0.374 e. The van der Waals surface area contributed by atoms with E-state index in [1.807, 2.05) is 0 Å². The minimum absolute atomic E-state index is 0.376. The topological polar surface area (TPSA) is 24.5 Å². The smallest absolute Gasteiger partial charge is 0.0826 e. The van der Waals surface area contributed by atoms with E-state index in [2.05, 4.69) is 37.9 Å². The average Bonchev–Trinajstić information content (AvgIpc) is 2.29. The zero-order valence-electron chi connectivity index (χ0n) is 11.3. The van der Waals surface area contributed by atoms with Crippen molar-refractivity contribution in [3.05, 3.63) is 0 Å². The van der Waals surface area contributed by atoms with Crippen LogP contribution in [-0.4, -0.2) is 49.8 Å². The molecule has 0 radical (unpaired) electrons. The number of ether oxygens (including phenoxy) is 1. The SMILES string of the molecule is CCC(NCC1CN(CC)CCO1)C(C)C. The molecule has 1 heterocycles. The Morgan fingerprint density at radius 1 is 1.38 bits per heavy atom. The van der Waals surface area contributed by atoms with Gasteiger partial charge in [-0.25, -0.2) is 0 Å². The van der Waals surface area contributed by atoms with E-state index < -0.39 is 0 Å². The molecule has 2 atom stereocenters. The molecule has 1 aliphatic heterocycles. The van der Waals surface area contributed by atoms with Crippen molar-refractivity contribution in [1.29, 1.82) is 0 Å². The lowest BCUT2D eigenvalue weighted by Gasteiger charge is -2.33. The second-order valence-corrected chi connectivity index (χ2v) is 5.05. The molecule has 0 aromatic rings. The quantitative estimate of drug-likeness (QED) is 0.749. The highest BCUT2D eigenvalue weighted by Crippen LogP contribution is 2.08. The van der Waals surface area contributed by atoms with Crippen molar-refractivity contribution >= 4 is 0 Å². The minimum Gasteiger partial charge on any atom is -0.374 e. The molecule has 1 rings (SSSR count). The molecule has 3 heteroatoms. The van der Waals surface area contributed by atoms with Crippen molar-refractivity contribution in [2.24, 2.45) is 5.92 Å². The van der Waals surface area contributed by atoms with Crippen LogP contribution < -0.4 is 5.32 Å². The molecule has 0 bridgehead atoms. The number of nitrogens with one attached hydrogen (secondary N) is 1. The van der Waals surface area contributed by atoms with Crippen LogP contribution in [0.3, 0.4) is 0 Å². The summed E-state index contributed by atoms with van der Waals surface area (Å²) in [6.07, 6.45) is 1.57. The second-order valence-electron chi connectivity index (χ2n) is 5.05. The summed E-state index contributed by atoms with van der Waals surface area (Å²) in [5.41, 5.74) is 0. The Bertz CT molecular complexity index is 185. The van der Waals surface area contributed by atoms with E-state index in [-0.39, 0.29) is 0 Å². The molecule has 1 fully saturated rings. The third-order valence-corrected chi connectivity index (χ3v) is 3.52. The summed E-state index contributed by atoms with van der Waals surface area (Å²) < 4.78 is 5.78. The van der Waals surface area contributed by atoms with Crippen LogP contribution in [0.15, 0.2) is 0 Å². The van der Waals surface area contributed by atoms with Gasteiger partial charge in [0.25, 0.3) is 0 Å². The zero-order valence-corrected chi connectivity index (χ0v) is 11.3. The van der Waals surface area contributed by atoms with E-state index in [0.717, 1.165) is 32.8 Å². The van der Waals surface area contributed by atoms with Gasteiger partial charge in [-0.05, 0) is 18.9 Å². The van der Waals surface area contributed by atoms with Gasteiger partial charge >= 0.3 is 0 Å². The Morgan fingerprint density at radius 3 is 2.69 bits per heavy atom. The highest BCUT2D eigenvalue weighted by atomic mass is 16.5. The third-order valence-electron chi connectivity index (χ3n) is 3.52. The van der Waals surface area contributed by atoms with Crippen LogP contribution >= 0.6 is 0 Å². The lowest BCUT2D eigenvalue weighted by molar-refractivity contribution is -0.0269. The molecular weight excluding hydrogens is 200 g/mol. The molecule has 1 aliphatic rings. The van der Waals surface area contributed by atoms with Gasteiger partial charge in [-0.1, -0.05) is 27.7 Å². The van der Waals surface area contributed by atoms with Crippen molar-refractivity contribution in [3.8, 4) is 0 Å². The molecular formula is C13H28N2O. The molecule has 0 aromatic heterocycles. The van der Waals surface area contributed by atoms with Gasteiger partial charge in [-0.15, -0.1) is 0 Å². The lowest BCUT2D eigenvalue weighted by Crippen LogP contribution is -2.48. The summed E-state index contributed by atoms with van der Waals surface area (Å²) >= 11 is 0. The number of hydrogen-bond donors (Lipinski definition) is 1. The monoisotopic (exact) mass is 228 g/mol. The first-order valence-corrected chi connectivity index (χ1v) is 6.74. The normalized spacial score (nSPS) is 24.9. The van der Waals surface area contributed by atoms with Crippen LogP contribution in [0.4, 0.5) is 0 Å². The molecule has 0 aromatic carbocycles. The zero-order chi connectivity index (χ0) is 12.0. The maximum absolute atomic E-state index is 5.78. The van der Waals surface area contributed by atoms with Gasteiger partial charge in [0.15, 0.2) is 0 Å². The van der Waals surface area contributed by atoms with Crippen LogP contribution in [0.1, 0.15) is 34.1 Å². The van der Waals surface area contributed by atoms with Crippen molar-refractivity contribution in [2.75, 3.05) is 32.8 Å². The molecule has 16 heavy (non-hydrogen) atoms. The first-order valence-electron chi connectivity index (χ1n) is 6.74. The van der Waals surface area contributed by atoms with E-state index >= 15 is 0 Å². The Balaban J connectivity index is 2.25. The van der Waals surface area contributed by atoms with Crippen molar-refractivity contribution in [1.82, 2.24) is 10.2 Å². The number of morpholine rings is 1. The number of nitrogens with zero attached hydrogens (tertiary/aromatic N) is 1. The lowest BCUT2D eigenvalue weighted by atomic mass is 10.0. The van der Waals surface area contributed by atoms with E-state index in [4.69, 9.17) is 4.74 Å². The first kappa shape index (κ1) is 13.9. The molecule has 0 amide bonds. The molecule has 1 N–H and O–H groups in total. The molecule has 0 saturated carbocycles. The standard InChI is InChI=1S/C13H28N2O/c1-5-13(11(3)4)14-9-12-10-15(6-2)7-8-16-12/h11-14H,5-10H2,1-4H3. The van der Waals surface area contributed by atoms with E-state index in [1.165, 1.54) is 6.42 Å². The van der Waals surface area contributed by atoms with Crippen LogP contribution in [0.5, 0.6) is 0 Å². The summed E-state index contributed by atoms with van der Waals surface area (Å²) in [6, 6.07) is 0.626. The molecule has 2 unspecified atom stereocenters. The molecule has 1 saturated heterocycles. The molecule has 0 spiro atoms. The Labute approximate surface area is 101 Å². The maximum atomic E-state index is 5.78. The van der Waals surface area contributed by atoms with Crippen molar-refractivity contribution in [3.63, 3.8) is 0 Å². The van der Waals surface area contributed by atoms with Crippen LogP contribution in [0.25, 0.3) is 0 Å². The van der Waals surface area contributed by atoms with Gasteiger partial charge in [0.2, 0.25) is 0 Å². The van der Waals surface area contributed by atoms with E-state index in [1.54, 1.807) is 0 Å². The first-order chi connectivity index (χ1) is 7.67. The highest BCUT2D eigenvalue weighted by molar-refractivity contribution is 4.76. The summed E-state index contributed by atoms with van der Waals surface area (Å²) in [7, 11) is 0. The fourth-order valence-corrected chi connectivity index (χ4v) is 2.33. The van der Waals surface area contributed by atoms with Gasteiger partial charge in [0, 0.05) is 25.7 Å². The van der Waals surface area contributed by atoms with E-state index in [9.17, 15) is 0 Å². The summed E-state index contributed by atoms with van der Waals surface area (Å²) in [5, 5.41) is 3.63. The van der Waals surface area contributed by atoms with Gasteiger partial charge in [-0.2, -0.15) is 0 Å². The third kappa shape index (κ3) is 4.40. The van der Waals surface area contributed by atoms with Crippen LogP contribution in [-0.2, 0) is 4.74 Å². The van der Waals surface area contributed by atoms with Gasteiger partial charge < -0.3 is 10.1 Å². The number of hydrogen-bond acceptors (Lipinski definition) is 3. The predicted molar refractivity (Wildman–Crippen MR) is 68.8 cm³/mol. The molecule has 3 nitrogen and oxygen atoms in total. The minimum atomic E-state index is 0.376. The number of likely N-dealkylation sites (N-methyl/N-ethyl adjacent to an activating group) is 1. The van der Waals surface area contributed by atoms with Crippen LogP contribution in [0, 0.1) is 5.92 Å². The maximum Gasteiger partial charge on any atom is 0.0826 e. The summed E-state index contributed by atoms with van der Waals surface area (Å²) in [6.45, 7) is 14.2. The highest BCUT2D eigenvalue weighted by Gasteiger charge is 2.20. The van der Waals surface area contributed by atoms with Crippen LogP contribution in [0.2, 0.25) is 0 Å². The average molecular weight is 228 g/mol.